The van der Waals surface area contributed by atoms with Crippen LogP contribution in [0.4, 0.5) is 0 Å². The molecule has 0 spiro atoms. The fraction of sp³-hybridized carbons (Fsp3) is 0.400. The van der Waals surface area contributed by atoms with Gasteiger partial charge in [0.05, 0.1) is 12.3 Å². The van der Waals surface area contributed by atoms with Crippen molar-refractivity contribution < 1.29 is 5.11 Å². The van der Waals surface area contributed by atoms with E-state index in [4.69, 9.17) is 0 Å². The summed E-state index contributed by atoms with van der Waals surface area (Å²) >= 11 is 0. The number of aryl methyl sites for hydroxylation is 2. The highest BCUT2D eigenvalue weighted by Gasteiger charge is 2.09. The average molecular weight is 259 g/mol. The van der Waals surface area contributed by atoms with Gasteiger partial charge >= 0.3 is 0 Å². The van der Waals surface area contributed by atoms with Crippen LogP contribution in [0.5, 0.6) is 0 Å². The fourth-order valence-corrected chi connectivity index (χ4v) is 2.18. The van der Waals surface area contributed by atoms with Gasteiger partial charge in [-0.15, -0.1) is 0 Å². The number of aromatic nitrogens is 2. The summed E-state index contributed by atoms with van der Waals surface area (Å²) < 4.78 is 1.82. The molecule has 0 aliphatic carbocycles. The first-order valence-electron chi connectivity index (χ1n) is 6.56. The normalized spacial score (nSPS) is 12.6. The van der Waals surface area contributed by atoms with Gasteiger partial charge in [-0.3, -0.25) is 4.68 Å². The van der Waals surface area contributed by atoms with Crippen molar-refractivity contribution in [2.24, 2.45) is 7.05 Å². The van der Waals surface area contributed by atoms with Gasteiger partial charge in [-0.05, 0) is 18.9 Å². The predicted molar refractivity (Wildman–Crippen MR) is 75.8 cm³/mol. The van der Waals surface area contributed by atoms with Crippen LogP contribution in [-0.4, -0.2) is 27.5 Å². The summed E-state index contributed by atoms with van der Waals surface area (Å²) in [5.74, 6) is 0. The zero-order chi connectivity index (χ0) is 13.7. The number of rotatable bonds is 6. The molecule has 1 heterocycles. The molecule has 2 aromatic rings. The number of benzene rings is 1. The third-order valence-electron chi connectivity index (χ3n) is 3.24. The van der Waals surface area contributed by atoms with E-state index in [0.29, 0.717) is 0 Å². The highest BCUT2D eigenvalue weighted by atomic mass is 16.3. The summed E-state index contributed by atoms with van der Waals surface area (Å²) in [5.41, 5.74) is 3.44. The van der Waals surface area contributed by atoms with Gasteiger partial charge in [0.15, 0.2) is 0 Å². The standard InChI is InChI=1S/C15H21N3O/c1-12-14(10-18(2)17-12)9-16-15(11-19)8-13-6-4-3-5-7-13/h3-7,10,15-16,19H,8-9,11H2,1-2H3. The first-order chi connectivity index (χ1) is 9.19. The second kappa shape index (κ2) is 6.50. The van der Waals surface area contributed by atoms with E-state index < -0.39 is 0 Å². The molecule has 0 bridgehead atoms. The highest BCUT2D eigenvalue weighted by molar-refractivity contribution is 5.17. The number of hydrogen-bond acceptors (Lipinski definition) is 3. The lowest BCUT2D eigenvalue weighted by atomic mass is 10.1. The van der Waals surface area contributed by atoms with Gasteiger partial charge in [0.1, 0.15) is 0 Å². The molecular formula is C15H21N3O. The Morgan fingerprint density at radius 1 is 1.32 bits per heavy atom. The van der Waals surface area contributed by atoms with Gasteiger partial charge in [-0.2, -0.15) is 5.10 Å². The molecule has 1 atom stereocenters. The van der Waals surface area contributed by atoms with Crippen LogP contribution in [0.3, 0.4) is 0 Å². The lowest BCUT2D eigenvalue weighted by molar-refractivity contribution is 0.240. The highest BCUT2D eigenvalue weighted by Crippen LogP contribution is 2.07. The summed E-state index contributed by atoms with van der Waals surface area (Å²) in [6.45, 7) is 2.87. The van der Waals surface area contributed by atoms with Crippen molar-refractivity contribution in [3.8, 4) is 0 Å². The third-order valence-corrected chi connectivity index (χ3v) is 3.24. The van der Waals surface area contributed by atoms with Gasteiger partial charge in [0.25, 0.3) is 0 Å². The Labute approximate surface area is 114 Å². The Balaban J connectivity index is 1.91. The van der Waals surface area contributed by atoms with Crippen LogP contribution >= 0.6 is 0 Å². The van der Waals surface area contributed by atoms with Gasteiger partial charge in [-0.25, -0.2) is 0 Å². The van der Waals surface area contributed by atoms with Crippen molar-refractivity contribution in [1.29, 1.82) is 0 Å². The number of aliphatic hydroxyl groups is 1. The van der Waals surface area contributed by atoms with Crippen LogP contribution in [0, 0.1) is 6.92 Å². The molecule has 0 aliphatic rings. The molecule has 0 saturated heterocycles. The first kappa shape index (κ1) is 13.8. The van der Waals surface area contributed by atoms with Crippen molar-refractivity contribution in [1.82, 2.24) is 15.1 Å². The summed E-state index contributed by atoms with van der Waals surface area (Å²) in [6.07, 6.45) is 2.84. The van der Waals surface area contributed by atoms with Crippen molar-refractivity contribution in [3.63, 3.8) is 0 Å². The zero-order valence-electron chi connectivity index (χ0n) is 11.5. The smallest absolute Gasteiger partial charge is 0.0638 e. The Bertz CT molecular complexity index is 507. The van der Waals surface area contributed by atoms with Crippen LogP contribution in [-0.2, 0) is 20.0 Å². The minimum atomic E-state index is 0.0713. The molecule has 102 valence electrons. The van der Waals surface area contributed by atoms with E-state index in [0.717, 1.165) is 18.7 Å². The molecule has 1 unspecified atom stereocenters. The van der Waals surface area contributed by atoms with Crippen molar-refractivity contribution in [2.75, 3.05) is 6.61 Å². The molecule has 1 aromatic heterocycles. The maximum Gasteiger partial charge on any atom is 0.0638 e. The Hall–Kier alpha value is -1.65. The van der Waals surface area contributed by atoms with E-state index in [2.05, 4.69) is 22.5 Å². The van der Waals surface area contributed by atoms with E-state index in [1.807, 2.05) is 43.0 Å². The SMILES string of the molecule is Cc1nn(C)cc1CNC(CO)Cc1ccccc1. The molecule has 4 nitrogen and oxygen atoms in total. The van der Waals surface area contributed by atoms with Crippen LogP contribution < -0.4 is 5.32 Å². The number of nitrogens with one attached hydrogen (secondary N) is 1. The maximum absolute atomic E-state index is 9.46. The molecule has 0 aliphatic heterocycles. The monoisotopic (exact) mass is 259 g/mol. The number of hydrogen-bond donors (Lipinski definition) is 2. The molecule has 0 saturated carbocycles. The van der Waals surface area contributed by atoms with E-state index in [-0.39, 0.29) is 12.6 Å². The van der Waals surface area contributed by atoms with Gasteiger partial charge in [0.2, 0.25) is 0 Å². The Kier molecular flexibility index (Phi) is 4.71. The number of nitrogens with zero attached hydrogens (tertiary/aromatic N) is 2. The molecular weight excluding hydrogens is 238 g/mol. The molecule has 1 aromatic carbocycles. The van der Waals surface area contributed by atoms with E-state index >= 15 is 0 Å². The van der Waals surface area contributed by atoms with Crippen LogP contribution in [0.2, 0.25) is 0 Å². The fourth-order valence-electron chi connectivity index (χ4n) is 2.18. The molecule has 2 rings (SSSR count). The van der Waals surface area contributed by atoms with Gasteiger partial charge < -0.3 is 10.4 Å². The topological polar surface area (TPSA) is 50.1 Å². The van der Waals surface area contributed by atoms with Gasteiger partial charge in [-0.1, -0.05) is 30.3 Å². The summed E-state index contributed by atoms with van der Waals surface area (Å²) in [4.78, 5) is 0. The van der Waals surface area contributed by atoms with Crippen LogP contribution in [0.15, 0.2) is 36.5 Å². The maximum atomic E-state index is 9.46. The van der Waals surface area contributed by atoms with Crippen molar-refractivity contribution >= 4 is 0 Å². The quantitative estimate of drug-likeness (QED) is 0.825. The minimum absolute atomic E-state index is 0.0713. The van der Waals surface area contributed by atoms with Gasteiger partial charge in [0, 0.05) is 31.4 Å². The lowest BCUT2D eigenvalue weighted by Gasteiger charge is -2.16. The van der Waals surface area contributed by atoms with E-state index in [1.54, 1.807) is 0 Å². The Morgan fingerprint density at radius 3 is 2.63 bits per heavy atom. The number of aliphatic hydroxyl groups excluding tert-OH is 1. The summed E-state index contributed by atoms with van der Waals surface area (Å²) in [6, 6.07) is 10.3. The molecule has 4 heteroatoms. The van der Waals surface area contributed by atoms with E-state index in [9.17, 15) is 5.11 Å². The second-order valence-corrected chi connectivity index (χ2v) is 4.86. The van der Waals surface area contributed by atoms with Crippen molar-refractivity contribution in [2.45, 2.75) is 25.9 Å². The largest absolute Gasteiger partial charge is 0.395 e. The molecule has 0 radical (unpaired) electrons. The predicted octanol–water partition coefficient (Wildman–Crippen LogP) is 1.42. The molecule has 0 amide bonds. The average Bonchev–Trinajstić information content (AvgIpc) is 2.74. The third kappa shape index (κ3) is 3.91. The van der Waals surface area contributed by atoms with Crippen LogP contribution in [0.25, 0.3) is 0 Å². The lowest BCUT2D eigenvalue weighted by Crippen LogP contribution is -2.34. The molecule has 0 fully saturated rings. The first-order valence-corrected chi connectivity index (χ1v) is 6.56. The van der Waals surface area contributed by atoms with Crippen molar-refractivity contribution in [3.05, 3.63) is 53.3 Å². The zero-order valence-corrected chi connectivity index (χ0v) is 11.5. The van der Waals surface area contributed by atoms with E-state index in [1.165, 1.54) is 11.1 Å². The Morgan fingerprint density at radius 2 is 2.05 bits per heavy atom. The molecule has 19 heavy (non-hydrogen) atoms. The minimum Gasteiger partial charge on any atom is -0.395 e. The second-order valence-electron chi connectivity index (χ2n) is 4.86. The van der Waals surface area contributed by atoms with Crippen LogP contribution in [0.1, 0.15) is 16.8 Å². The summed E-state index contributed by atoms with van der Waals surface area (Å²) in [5, 5.41) is 17.2. The summed E-state index contributed by atoms with van der Waals surface area (Å²) in [7, 11) is 1.92. The molecule has 2 N–H and O–H groups in total.